The van der Waals surface area contributed by atoms with Gasteiger partial charge in [0.15, 0.2) is 0 Å². The maximum absolute atomic E-state index is 13.6. The number of rotatable bonds is 14. The second kappa shape index (κ2) is 15.1. The molecule has 3 aromatic rings. The molecule has 0 fully saturated rings. The minimum absolute atomic E-state index is 0.0374. The molecular formula is C29H35Br2N3O3. The third-order valence-electron chi connectivity index (χ3n) is 6.16. The molecule has 0 saturated carbocycles. The fraction of sp³-hybridized carbons (Fsp3) is 0.379. The summed E-state index contributed by atoms with van der Waals surface area (Å²) in [6.07, 6.45) is 4.60. The van der Waals surface area contributed by atoms with Gasteiger partial charge in [0.25, 0.3) is 5.91 Å². The van der Waals surface area contributed by atoms with Crippen LogP contribution in [0.15, 0.2) is 75.8 Å². The normalized spacial score (nSPS) is 10.9. The van der Waals surface area contributed by atoms with Crippen molar-refractivity contribution >= 4 is 43.7 Å². The average Bonchev–Trinajstić information content (AvgIpc) is 3.33. The highest BCUT2D eigenvalue weighted by molar-refractivity contribution is 9.10. The Morgan fingerprint density at radius 1 is 0.892 bits per heavy atom. The number of carbonyl (C=O) groups excluding carboxylic acids is 2. The van der Waals surface area contributed by atoms with Gasteiger partial charge in [-0.25, -0.2) is 0 Å². The van der Waals surface area contributed by atoms with Crippen LogP contribution in [0.3, 0.4) is 0 Å². The summed E-state index contributed by atoms with van der Waals surface area (Å²) in [6, 6.07) is 19.6. The Labute approximate surface area is 236 Å². The summed E-state index contributed by atoms with van der Waals surface area (Å²) in [5, 5.41) is 0. The molecule has 0 radical (unpaired) electrons. The number of carbonyl (C=O) groups is 2. The van der Waals surface area contributed by atoms with Gasteiger partial charge in [0, 0.05) is 59.8 Å². The van der Waals surface area contributed by atoms with Gasteiger partial charge in [-0.15, -0.1) is 0 Å². The van der Waals surface area contributed by atoms with E-state index in [4.69, 9.17) is 4.74 Å². The van der Waals surface area contributed by atoms with E-state index in [-0.39, 0.29) is 18.4 Å². The highest BCUT2D eigenvalue weighted by Gasteiger charge is 2.23. The zero-order chi connectivity index (χ0) is 26.6. The highest BCUT2D eigenvalue weighted by Crippen LogP contribution is 2.16. The lowest BCUT2D eigenvalue weighted by Crippen LogP contribution is -2.43. The van der Waals surface area contributed by atoms with E-state index in [0.717, 1.165) is 34.0 Å². The largest absolute Gasteiger partial charge is 0.385 e. The topological polar surface area (TPSA) is 54.8 Å². The van der Waals surface area contributed by atoms with E-state index < -0.39 is 0 Å². The molecule has 1 heterocycles. The van der Waals surface area contributed by atoms with Crippen molar-refractivity contribution in [3.63, 3.8) is 0 Å². The molecule has 2 amide bonds. The van der Waals surface area contributed by atoms with Gasteiger partial charge < -0.3 is 19.1 Å². The number of aromatic nitrogens is 1. The Hall–Kier alpha value is -2.42. The van der Waals surface area contributed by atoms with Crippen LogP contribution in [0.1, 0.15) is 47.8 Å². The third-order valence-corrected chi connectivity index (χ3v) is 7.22. The molecule has 0 aliphatic rings. The van der Waals surface area contributed by atoms with Crippen LogP contribution in [0, 0.1) is 0 Å². The average molecular weight is 633 g/mol. The molecular weight excluding hydrogens is 598 g/mol. The van der Waals surface area contributed by atoms with Crippen molar-refractivity contribution < 1.29 is 14.3 Å². The first-order valence-corrected chi connectivity index (χ1v) is 14.2. The molecule has 0 aliphatic carbocycles. The molecule has 0 aliphatic heterocycles. The lowest BCUT2D eigenvalue weighted by molar-refractivity contribution is -0.132. The van der Waals surface area contributed by atoms with Gasteiger partial charge in [-0.3, -0.25) is 9.59 Å². The number of halogens is 2. The van der Waals surface area contributed by atoms with Gasteiger partial charge >= 0.3 is 0 Å². The molecule has 0 atom stereocenters. The Morgan fingerprint density at radius 2 is 1.54 bits per heavy atom. The maximum Gasteiger partial charge on any atom is 0.254 e. The van der Waals surface area contributed by atoms with Crippen LogP contribution >= 0.6 is 31.9 Å². The van der Waals surface area contributed by atoms with E-state index >= 15 is 0 Å². The second-order valence-electron chi connectivity index (χ2n) is 9.00. The molecule has 8 heteroatoms. The maximum atomic E-state index is 13.6. The van der Waals surface area contributed by atoms with Crippen LogP contribution in [0.25, 0.3) is 0 Å². The number of unbranched alkanes of at least 4 members (excludes halogenated alkanes) is 1. The third kappa shape index (κ3) is 9.13. The van der Waals surface area contributed by atoms with Gasteiger partial charge in [-0.1, -0.05) is 57.3 Å². The molecule has 0 saturated heterocycles. The van der Waals surface area contributed by atoms with Crippen molar-refractivity contribution in [1.29, 1.82) is 0 Å². The number of hydrogen-bond acceptors (Lipinski definition) is 3. The summed E-state index contributed by atoms with van der Waals surface area (Å²) in [7, 11) is 1.64. The fourth-order valence-corrected chi connectivity index (χ4v) is 4.59. The van der Waals surface area contributed by atoms with Crippen molar-refractivity contribution in [3.05, 3.63) is 92.6 Å². The molecule has 1 aromatic heterocycles. The molecule has 0 unspecified atom stereocenters. The van der Waals surface area contributed by atoms with Gasteiger partial charge in [0.2, 0.25) is 5.91 Å². The predicted octanol–water partition coefficient (Wildman–Crippen LogP) is 6.37. The Balaban J connectivity index is 1.75. The number of hydrogen-bond donors (Lipinski definition) is 0. The van der Waals surface area contributed by atoms with E-state index in [1.54, 1.807) is 24.1 Å². The standard InChI is InChI=1S/C29H35Br2N3O3/c1-3-4-16-33(21-27-7-5-17-32(27)20-23-8-12-25(30)13-9-23)28(35)22-34(18-6-19-37-2)29(36)24-10-14-26(31)15-11-24/h5,7-15,17H,3-4,6,16,18-22H2,1-2H3. The first kappa shape index (κ1) is 29.1. The summed E-state index contributed by atoms with van der Waals surface area (Å²) in [5.74, 6) is -0.196. The van der Waals surface area contributed by atoms with Crippen molar-refractivity contribution in [2.45, 2.75) is 39.3 Å². The minimum Gasteiger partial charge on any atom is -0.385 e. The van der Waals surface area contributed by atoms with E-state index in [2.05, 4.69) is 61.5 Å². The number of methoxy groups -OCH3 is 1. The number of nitrogens with zero attached hydrogens (tertiary/aromatic N) is 3. The first-order valence-electron chi connectivity index (χ1n) is 12.6. The van der Waals surface area contributed by atoms with Crippen molar-refractivity contribution in [1.82, 2.24) is 14.4 Å². The lowest BCUT2D eigenvalue weighted by Gasteiger charge is -2.28. The molecule has 0 spiro atoms. The highest BCUT2D eigenvalue weighted by atomic mass is 79.9. The van der Waals surface area contributed by atoms with Gasteiger partial charge in [0.05, 0.1) is 6.54 Å². The zero-order valence-electron chi connectivity index (χ0n) is 21.5. The fourth-order valence-electron chi connectivity index (χ4n) is 4.06. The van der Waals surface area contributed by atoms with E-state index in [1.165, 1.54) is 5.56 Å². The predicted molar refractivity (Wildman–Crippen MR) is 155 cm³/mol. The van der Waals surface area contributed by atoms with Gasteiger partial charge in [-0.2, -0.15) is 0 Å². The van der Waals surface area contributed by atoms with E-state index in [0.29, 0.717) is 38.2 Å². The SMILES string of the molecule is CCCCN(Cc1cccn1Cc1ccc(Br)cc1)C(=O)CN(CCCOC)C(=O)c1ccc(Br)cc1. The zero-order valence-corrected chi connectivity index (χ0v) is 24.7. The van der Waals surface area contributed by atoms with Crippen molar-refractivity contribution in [2.75, 3.05) is 33.4 Å². The van der Waals surface area contributed by atoms with Crippen LogP contribution in [0.2, 0.25) is 0 Å². The Bertz CT molecular complexity index is 1130. The van der Waals surface area contributed by atoms with Crippen LogP contribution in [-0.2, 0) is 22.6 Å². The van der Waals surface area contributed by atoms with Crippen LogP contribution in [0.4, 0.5) is 0 Å². The number of ether oxygens (including phenoxy) is 1. The van der Waals surface area contributed by atoms with Gasteiger partial charge in [-0.05, 0) is 66.9 Å². The summed E-state index contributed by atoms with van der Waals surface area (Å²) < 4.78 is 9.33. The molecule has 2 aromatic carbocycles. The van der Waals surface area contributed by atoms with Crippen LogP contribution in [-0.4, -0.2) is 59.5 Å². The van der Waals surface area contributed by atoms with Crippen molar-refractivity contribution in [3.8, 4) is 0 Å². The molecule has 0 N–H and O–H groups in total. The van der Waals surface area contributed by atoms with Gasteiger partial charge in [0.1, 0.15) is 6.54 Å². The lowest BCUT2D eigenvalue weighted by atomic mass is 10.2. The molecule has 6 nitrogen and oxygen atoms in total. The first-order chi connectivity index (χ1) is 17.9. The van der Waals surface area contributed by atoms with E-state index in [9.17, 15) is 9.59 Å². The number of amides is 2. The molecule has 37 heavy (non-hydrogen) atoms. The van der Waals surface area contributed by atoms with E-state index in [1.807, 2.05) is 41.4 Å². The summed E-state index contributed by atoms with van der Waals surface area (Å²) in [4.78, 5) is 30.4. The quantitative estimate of drug-likeness (QED) is 0.194. The smallest absolute Gasteiger partial charge is 0.254 e. The monoisotopic (exact) mass is 631 g/mol. The minimum atomic E-state index is -0.147. The van der Waals surface area contributed by atoms with Crippen LogP contribution in [0.5, 0.6) is 0 Å². The van der Waals surface area contributed by atoms with Crippen molar-refractivity contribution in [2.24, 2.45) is 0 Å². The summed E-state index contributed by atoms with van der Waals surface area (Å²) >= 11 is 6.91. The second-order valence-corrected chi connectivity index (χ2v) is 10.8. The van der Waals surface area contributed by atoms with Crippen LogP contribution < -0.4 is 0 Å². The molecule has 0 bridgehead atoms. The summed E-state index contributed by atoms with van der Waals surface area (Å²) in [5.41, 5.74) is 2.82. The Morgan fingerprint density at radius 3 is 2.19 bits per heavy atom. The molecule has 198 valence electrons. The molecule has 3 rings (SSSR count). The Kier molecular flexibility index (Phi) is 11.9. The summed E-state index contributed by atoms with van der Waals surface area (Å²) in [6.45, 7) is 5.02. The number of benzene rings is 2.